The Bertz CT molecular complexity index is 701. The largest absolute Gasteiger partial charge is 0.301 e. The Hall–Kier alpha value is -1.76. The van der Waals surface area contributed by atoms with Gasteiger partial charge in [0.2, 0.25) is 10.0 Å². The van der Waals surface area contributed by atoms with Crippen molar-refractivity contribution in [3.05, 3.63) is 66.0 Å². The highest BCUT2D eigenvalue weighted by Gasteiger charge is 2.19. The van der Waals surface area contributed by atoms with Gasteiger partial charge in [-0.05, 0) is 43.9 Å². The first-order valence-electron chi connectivity index (χ1n) is 6.87. The Balaban J connectivity index is 2.14. The second-order valence-corrected chi connectivity index (χ2v) is 6.96. The molecule has 22 heavy (non-hydrogen) atoms. The predicted molar refractivity (Wildman–Crippen MR) is 84.5 cm³/mol. The van der Waals surface area contributed by atoms with E-state index in [1.54, 1.807) is 42.5 Å². The van der Waals surface area contributed by atoms with Crippen LogP contribution in [0.5, 0.6) is 0 Å². The van der Waals surface area contributed by atoms with Gasteiger partial charge in [-0.15, -0.1) is 0 Å². The van der Waals surface area contributed by atoms with Crippen molar-refractivity contribution in [3.8, 4) is 0 Å². The molecule has 0 saturated carbocycles. The summed E-state index contributed by atoms with van der Waals surface area (Å²) in [6.07, 6.45) is 0. The third-order valence-corrected chi connectivity index (χ3v) is 4.84. The Labute approximate surface area is 130 Å². The molecule has 0 bridgehead atoms. The lowest BCUT2D eigenvalue weighted by Gasteiger charge is -2.25. The fourth-order valence-electron chi connectivity index (χ4n) is 2.16. The highest BCUT2D eigenvalue weighted by atomic mass is 32.2. The second kappa shape index (κ2) is 7.00. The first-order valence-corrected chi connectivity index (χ1v) is 8.35. The molecule has 0 aliphatic heterocycles. The van der Waals surface area contributed by atoms with Crippen LogP contribution in [-0.4, -0.2) is 34.0 Å². The quantitative estimate of drug-likeness (QED) is 0.888. The summed E-state index contributed by atoms with van der Waals surface area (Å²) in [6.45, 7) is 0.204. The van der Waals surface area contributed by atoms with Crippen LogP contribution in [0, 0.1) is 5.82 Å². The van der Waals surface area contributed by atoms with Crippen LogP contribution in [0.2, 0.25) is 0 Å². The normalized spacial score (nSPS) is 13.3. The van der Waals surface area contributed by atoms with Gasteiger partial charge in [0.1, 0.15) is 5.82 Å². The molecule has 1 N–H and O–H groups in total. The van der Waals surface area contributed by atoms with Crippen LogP contribution >= 0.6 is 0 Å². The second-order valence-electron chi connectivity index (χ2n) is 5.20. The number of likely N-dealkylation sites (N-methyl/N-ethyl adjacent to an activating group) is 1. The molecule has 0 saturated heterocycles. The van der Waals surface area contributed by atoms with Gasteiger partial charge in [0.05, 0.1) is 4.90 Å². The van der Waals surface area contributed by atoms with Crippen molar-refractivity contribution in [2.24, 2.45) is 0 Å². The molecule has 2 rings (SSSR count). The lowest BCUT2D eigenvalue weighted by Crippen LogP contribution is -2.34. The van der Waals surface area contributed by atoms with Crippen LogP contribution in [0.3, 0.4) is 0 Å². The van der Waals surface area contributed by atoms with Gasteiger partial charge in [-0.3, -0.25) is 0 Å². The number of nitrogens with one attached hydrogen (secondary N) is 1. The van der Waals surface area contributed by atoms with Crippen LogP contribution in [0.1, 0.15) is 11.6 Å². The molecule has 1 atom stereocenters. The standard InChI is InChI=1S/C16H19FN2O2S/c1-19(2)16(13-8-10-14(17)11-9-13)12-18-22(20,21)15-6-4-3-5-7-15/h3-11,16,18H,12H2,1-2H3/t16-/m0/s1. The van der Waals surface area contributed by atoms with Crippen LogP contribution in [-0.2, 0) is 10.0 Å². The monoisotopic (exact) mass is 322 g/mol. The number of sulfonamides is 1. The molecule has 0 unspecified atom stereocenters. The van der Waals surface area contributed by atoms with Crippen LogP contribution < -0.4 is 4.72 Å². The first kappa shape index (κ1) is 16.6. The van der Waals surface area contributed by atoms with Crippen molar-refractivity contribution in [3.63, 3.8) is 0 Å². The summed E-state index contributed by atoms with van der Waals surface area (Å²) in [5, 5.41) is 0. The summed E-state index contributed by atoms with van der Waals surface area (Å²) in [4.78, 5) is 2.12. The number of benzene rings is 2. The predicted octanol–water partition coefficient (Wildman–Crippen LogP) is 2.41. The first-order chi connectivity index (χ1) is 10.4. The number of nitrogens with zero attached hydrogens (tertiary/aromatic N) is 1. The minimum Gasteiger partial charge on any atom is -0.301 e. The molecule has 0 amide bonds. The molecule has 0 aliphatic carbocycles. The van der Waals surface area contributed by atoms with E-state index in [1.807, 2.05) is 19.0 Å². The zero-order valence-electron chi connectivity index (χ0n) is 12.5. The lowest BCUT2D eigenvalue weighted by molar-refractivity contribution is 0.299. The average Bonchev–Trinajstić information content (AvgIpc) is 2.50. The van der Waals surface area contributed by atoms with E-state index in [2.05, 4.69) is 4.72 Å². The molecule has 0 radical (unpaired) electrons. The van der Waals surface area contributed by atoms with E-state index in [4.69, 9.17) is 0 Å². The summed E-state index contributed by atoms with van der Waals surface area (Å²) >= 11 is 0. The third kappa shape index (κ3) is 4.13. The van der Waals surface area contributed by atoms with E-state index >= 15 is 0 Å². The molecule has 2 aromatic rings. The summed E-state index contributed by atoms with van der Waals surface area (Å²) in [6, 6.07) is 14.1. The van der Waals surface area contributed by atoms with Gasteiger partial charge < -0.3 is 4.90 Å². The molecule has 118 valence electrons. The van der Waals surface area contributed by atoms with E-state index in [0.29, 0.717) is 0 Å². The number of rotatable bonds is 6. The van der Waals surface area contributed by atoms with Crippen molar-refractivity contribution in [1.82, 2.24) is 9.62 Å². The van der Waals surface area contributed by atoms with Gasteiger partial charge in [0, 0.05) is 12.6 Å². The summed E-state index contributed by atoms with van der Waals surface area (Å²) < 4.78 is 40.1. The van der Waals surface area contributed by atoms with Crippen LogP contribution in [0.4, 0.5) is 4.39 Å². The van der Waals surface area contributed by atoms with Crippen LogP contribution in [0.15, 0.2) is 59.5 Å². The Morgan fingerprint density at radius 1 is 1.05 bits per heavy atom. The Kier molecular flexibility index (Phi) is 5.28. The van der Waals surface area contributed by atoms with Gasteiger partial charge in [-0.2, -0.15) is 0 Å². The number of hydrogen-bond acceptors (Lipinski definition) is 3. The van der Waals surface area contributed by atoms with Crippen molar-refractivity contribution < 1.29 is 12.8 Å². The highest BCUT2D eigenvalue weighted by molar-refractivity contribution is 7.89. The highest BCUT2D eigenvalue weighted by Crippen LogP contribution is 2.19. The van der Waals surface area contributed by atoms with Gasteiger partial charge >= 0.3 is 0 Å². The maximum Gasteiger partial charge on any atom is 0.240 e. The van der Waals surface area contributed by atoms with E-state index in [0.717, 1.165) is 5.56 Å². The van der Waals surface area contributed by atoms with Gasteiger partial charge in [-0.1, -0.05) is 30.3 Å². The Morgan fingerprint density at radius 3 is 2.18 bits per heavy atom. The van der Waals surface area contributed by atoms with Gasteiger partial charge in [0.25, 0.3) is 0 Å². The fourth-order valence-corrected chi connectivity index (χ4v) is 3.21. The molecule has 4 nitrogen and oxygen atoms in total. The molecule has 0 aromatic heterocycles. The van der Waals surface area contributed by atoms with Crippen molar-refractivity contribution in [1.29, 1.82) is 0 Å². The average molecular weight is 322 g/mol. The molecule has 0 fully saturated rings. The zero-order chi connectivity index (χ0) is 16.2. The smallest absolute Gasteiger partial charge is 0.240 e. The van der Waals surface area contributed by atoms with Crippen molar-refractivity contribution >= 4 is 10.0 Å². The van der Waals surface area contributed by atoms with E-state index < -0.39 is 10.0 Å². The lowest BCUT2D eigenvalue weighted by atomic mass is 10.1. The zero-order valence-corrected chi connectivity index (χ0v) is 13.3. The molecule has 0 aliphatic rings. The van der Waals surface area contributed by atoms with Crippen LogP contribution in [0.25, 0.3) is 0 Å². The molecular formula is C16H19FN2O2S. The maximum atomic E-state index is 13.0. The summed E-state index contributed by atoms with van der Waals surface area (Å²) in [5.41, 5.74) is 0.849. The number of hydrogen-bond donors (Lipinski definition) is 1. The van der Waals surface area contributed by atoms with E-state index in [1.165, 1.54) is 12.1 Å². The van der Waals surface area contributed by atoms with Crippen molar-refractivity contribution in [2.75, 3.05) is 20.6 Å². The third-order valence-electron chi connectivity index (χ3n) is 3.40. The van der Waals surface area contributed by atoms with E-state index in [-0.39, 0.29) is 23.3 Å². The summed E-state index contributed by atoms with van der Waals surface area (Å²) in [5.74, 6) is -0.314. The fraction of sp³-hybridized carbons (Fsp3) is 0.250. The van der Waals surface area contributed by atoms with E-state index in [9.17, 15) is 12.8 Å². The molecule has 0 heterocycles. The SMILES string of the molecule is CN(C)[C@@H](CNS(=O)(=O)c1ccccc1)c1ccc(F)cc1. The van der Waals surface area contributed by atoms with Gasteiger partial charge in [0.15, 0.2) is 0 Å². The molecular weight excluding hydrogens is 303 g/mol. The van der Waals surface area contributed by atoms with Crippen molar-refractivity contribution in [2.45, 2.75) is 10.9 Å². The van der Waals surface area contributed by atoms with Gasteiger partial charge in [-0.25, -0.2) is 17.5 Å². The molecule has 0 spiro atoms. The molecule has 2 aromatic carbocycles. The topological polar surface area (TPSA) is 49.4 Å². The minimum atomic E-state index is -3.56. The summed E-state index contributed by atoms with van der Waals surface area (Å²) in [7, 11) is 0.148. The number of halogens is 1. The minimum absolute atomic E-state index is 0.181. The molecule has 6 heteroatoms. The Morgan fingerprint density at radius 2 is 1.64 bits per heavy atom. The maximum absolute atomic E-state index is 13.0.